The fourth-order valence-corrected chi connectivity index (χ4v) is 1.68. The van der Waals surface area contributed by atoms with Gasteiger partial charge >= 0.3 is 12.1 Å². The second-order valence-electron chi connectivity index (χ2n) is 4.32. The van der Waals surface area contributed by atoms with Gasteiger partial charge in [0, 0.05) is 17.2 Å². The molecule has 0 aliphatic carbocycles. The predicted molar refractivity (Wildman–Crippen MR) is 81.2 cm³/mol. The number of hydrogen-bond acceptors (Lipinski definition) is 3. The van der Waals surface area contributed by atoms with Crippen LogP contribution in [0.5, 0.6) is 0 Å². The Morgan fingerprint density at radius 2 is 1.86 bits per heavy atom. The number of carboxylic acids is 1. The zero-order chi connectivity index (χ0) is 15.8. The van der Waals surface area contributed by atoms with Crippen LogP contribution in [-0.4, -0.2) is 17.2 Å². The summed E-state index contributed by atoms with van der Waals surface area (Å²) in [5.41, 5.74) is 1.86. The number of hydrogen-bond donors (Lipinski definition) is 2. The number of rotatable bonds is 3. The Morgan fingerprint density at radius 3 is 2.59 bits per heavy atom. The van der Waals surface area contributed by atoms with Gasteiger partial charge in [-0.2, -0.15) is 0 Å². The Bertz CT molecular complexity index is 729. The zero-order valence-corrected chi connectivity index (χ0v) is 11.6. The number of nitrogens with one attached hydrogen (secondary N) is 1. The fourth-order valence-electron chi connectivity index (χ4n) is 1.68. The number of benzene rings is 2. The van der Waals surface area contributed by atoms with Crippen molar-refractivity contribution in [2.75, 3.05) is 5.32 Å². The second-order valence-corrected chi connectivity index (χ2v) is 4.32. The van der Waals surface area contributed by atoms with Crippen molar-refractivity contribution in [2.24, 2.45) is 0 Å². The van der Waals surface area contributed by atoms with Crippen LogP contribution in [-0.2, 0) is 16.1 Å². The molecule has 5 heteroatoms. The minimum absolute atomic E-state index is 0.172. The molecule has 22 heavy (non-hydrogen) atoms. The van der Waals surface area contributed by atoms with E-state index in [0.717, 1.165) is 5.56 Å². The standard InChI is InChI=1S/C17H13NO4/c19-16(20)10-9-13-7-4-8-15(11-13)18-17(21)22-12-14-5-2-1-3-6-14/h1-8,11H,12H2,(H,18,21)(H,19,20). The van der Waals surface area contributed by atoms with Crippen molar-refractivity contribution in [1.29, 1.82) is 0 Å². The van der Waals surface area contributed by atoms with Gasteiger partial charge in [-0.15, -0.1) is 0 Å². The number of carboxylic acid groups (broad SMARTS) is 1. The molecule has 2 aromatic rings. The first-order valence-corrected chi connectivity index (χ1v) is 6.46. The zero-order valence-electron chi connectivity index (χ0n) is 11.6. The molecule has 2 N–H and O–H groups in total. The Morgan fingerprint density at radius 1 is 1.09 bits per heavy atom. The molecule has 0 aromatic heterocycles. The predicted octanol–water partition coefficient (Wildman–Crippen LogP) is 2.87. The molecule has 0 fully saturated rings. The number of aliphatic carboxylic acids is 1. The van der Waals surface area contributed by atoms with Gasteiger partial charge in [0.15, 0.2) is 0 Å². The van der Waals surface area contributed by atoms with E-state index in [0.29, 0.717) is 11.3 Å². The van der Waals surface area contributed by atoms with E-state index in [2.05, 4.69) is 11.2 Å². The van der Waals surface area contributed by atoms with Crippen LogP contribution < -0.4 is 5.32 Å². The number of ether oxygens (including phenoxy) is 1. The summed E-state index contributed by atoms with van der Waals surface area (Å²) in [6, 6.07) is 15.9. The number of carbonyl (C=O) groups is 2. The average Bonchev–Trinajstić information content (AvgIpc) is 2.52. The van der Waals surface area contributed by atoms with Crippen molar-refractivity contribution in [2.45, 2.75) is 6.61 Å². The molecule has 0 atom stereocenters. The molecule has 1 amide bonds. The summed E-state index contributed by atoms with van der Waals surface area (Å²) in [6.45, 7) is 0.172. The maximum absolute atomic E-state index is 11.7. The Kier molecular flexibility index (Phi) is 5.16. The third-order valence-electron chi connectivity index (χ3n) is 2.64. The van der Waals surface area contributed by atoms with Gasteiger partial charge in [-0.1, -0.05) is 42.3 Å². The maximum Gasteiger partial charge on any atom is 0.411 e. The number of carbonyl (C=O) groups excluding carboxylic acids is 1. The van der Waals surface area contributed by atoms with Gasteiger partial charge in [0.1, 0.15) is 6.61 Å². The van der Waals surface area contributed by atoms with Crippen LogP contribution in [0.15, 0.2) is 54.6 Å². The van der Waals surface area contributed by atoms with Crippen LogP contribution in [0, 0.1) is 11.8 Å². The molecule has 5 nitrogen and oxygen atoms in total. The van der Waals surface area contributed by atoms with Crippen LogP contribution in [0.4, 0.5) is 10.5 Å². The highest BCUT2D eigenvalue weighted by molar-refractivity contribution is 5.88. The Labute approximate surface area is 127 Å². The van der Waals surface area contributed by atoms with Gasteiger partial charge in [-0.05, 0) is 23.8 Å². The molecular weight excluding hydrogens is 282 g/mol. The summed E-state index contributed by atoms with van der Waals surface area (Å²) in [6.07, 6.45) is -0.591. The van der Waals surface area contributed by atoms with E-state index in [4.69, 9.17) is 9.84 Å². The van der Waals surface area contributed by atoms with E-state index in [1.165, 1.54) is 0 Å². The maximum atomic E-state index is 11.7. The SMILES string of the molecule is O=C(O)C#Cc1cccc(NC(=O)OCc2ccccc2)c1. The first-order valence-electron chi connectivity index (χ1n) is 6.46. The second kappa shape index (κ2) is 7.50. The molecule has 0 unspecified atom stereocenters. The molecule has 0 bridgehead atoms. The van der Waals surface area contributed by atoms with Gasteiger partial charge in [0.25, 0.3) is 0 Å². The summed E-state index contributed by atoms with van der Waals surface area (Å²) < 4.78 is 5.09. The normalized spacial score (nSPS) is 9.27. The highest BCUT2D eigenvalue weighted by Gasteiger charge is 2.04. The van der Waals surface area contributed by atoms with E-state index in [1.807, 2.05) is 36.3 Å². The molecule has 0 radical (unpaired) electrons. The van der Waals surface area contributed by atoms with Crippen molar-refractivity contribution in [3.05, 3.63) is 65.7 Å². The van der Waals surface area contributed by atoms with Crippen molar-refractivity contribution in [3.8, 4) is 11.8 Å². The van der Waals surface area contributed by atoms with Crippen LogP contribution in [0.25, 0.3) is 0 Å². The van der Waals surface area contributed by atoms with Crippen LogP contribution in [0.1, 0.15) is 11.1 Å². The summed E-state index contributed by atoms with van der Waals surface area (Å²) in [5.74, 6) is 3.28. The summed E-state index contributed by atoms with van der Waals surface area (Å²) in [7, 11) is 0. The van der Waals surface area contributed by atoms with E-state index in [9.17, 15) is 9.59 Å². The molecule has 110 valence electrons. The smallest absolute Gasteiger partial charge is 0.411 e. The molecule has 2 rings (SSSR count). The summed E-state index contributed by atoms with van der Waals surface area (Å²) >= 11 is 0. The minimum atomic E-state index is -1.21. The van der Waals surface area contributed by atoms with E-state index >= 15 is 0 Å². The first-order chi connectivity index (χ1) is 10.6. The van der Waals surface area contributed by atoms with Gasteiger partial charge in [-0.3, -0.25) is 5.32 Å². The molecule has 0 saturated carbocycles. The molecule has 0 saturated heterocycles. The molecule has 0 aliphatic heterocycles. The third kappa shape index (κ3) is 5.02. The number of anilines is 1. The van der Waals surface area contributed by atoms with Crippen molar-refractivity contribution >= 4 is 17.7 Å². The van der Waals surface area contributed by atoms with Crippen LogP contribution >= 0.6 is 0 Å². The lowest BCUT2D eigenvalue weighted by Gasteiger charge is -2.07. The van der Waals surface area contributed by atoms with Crippen molar-refractivity contribution in [3.63, 3.8) is 0 Å². The van der Waals surface area contributed by atoms with Crippen molar-refractivity contribution < 1.29 is 19.4 Å². The number of amides is 1. The van der Waals surface area contributed by atoms with Gasteiger partial charge in [0.2, 0.25) is 0 Å². The van der Waals surface area contributed by atoms with E-state index in [1.54, 1.807) is 24.3 Å². The lowest BCUT2D eigenvalue weighted by atomic mass is 10.2. The van der Waals surface area contributed by atoms with E-state index in [-0.39, 0.29) is 6.61 Å². The van der Waals surface area contributed by atoms with Gasteiger partial charge < -0.3 is 9.84 Å². The highest BCUT2D eigenvalue weighted by Crippen LogP contribution is 2.10. The van der Waals surface area contributed by atoms with Gasteiger partial charge in [-0.25, -0.2) is 9.59 Å². The topological polar surface area (TPSA) is 75.6 Å². The molecule has 0 heterocycles. The third-order valence-corrected chi connectivity index (χ3v) is 2.64. The summed E-state index contributed by atoms with van der Waals surface area (Å²) in [5, 5.41) is 11.1. The quantitative estimate of drug-likeness (QED) is 0.854. The van der Waals surface area contributed by atoms with E-state index < -0.39 is 12.1 Å². The Hall–Kier alpha value is -3.26. The Balaban J connectivity index is 1.93. The van der Waals surface area contributed by atoms with Crippen LogP contribution in [0.2, 0.25) is 0 Å². The fraction of sp³-hybridized carbons (Fsp3) is 0.0588. The monoisotopic (exact) mass is 295 g/mol. The first kappa shape index (κ1) is 15.1. The van der Waals surface area contributed by atoms with Crippen LogP contribution in [0.3, 0.4) is 0 Å². The average molecular weight is 295 g/mol. The lowest BCUT2D eigenvalue weighted by Crippen LogP contribution is -2.13. The molecule has 0 spiro atoms. The van der Waals surface area contributed by atoms with Crippen molar-refractivity contribution in [1.82, 2.24) is 0 Å². The molecule has 2 aromatic carbocycles. The summed E-state index contributed by atoms with van der Waals surface area (Å²) in [4.78, 5) is 22.1. The lowest BCUT2D eigenvalue weighted by molar-refractivity contribution is -0.130. The highest BCUT2D eigenvalue weighted by atomic mass is 16.5. The van der Waals surface area contributed by atoms with Gasteiger partial charge in [0.05, 0.1) is 0 Å². The molecule has 0 aliphatic rings. The largest absolute Gasteiger partial charge is 0.472 e. The minimum Gasteiger partial charge on any atom is -0.472 e. The molecular formula is C17H13NO4.